The maximum atomic E-state index is 12.7. The van der Waals surface area contributed by atoms with Crippen LogP contribution in [0.4, 0.5) is 0 Å². The van der Waals surface area contributed by atoms with Crippen LogP contribution in [0.15, 0.2) is 11.6 Å². The van der Waals surface area contributed by atoms with E-state index in [2.05, 4.69) is 26.8 Å². The highest BCUT2D eigenvalue weighted by Gasteiger charge is 2.58. The fourth-order valence-electron chi connectivity index (χ4n) is 9.84. The minimum Gasteiger partial charge on any atom is -0.379 e. The van der Waals surface area contributed by atoms with Gasteiger partial charge in [0, 0.05) is 18.4 Å². The summed E-state index contributed by atoms with van der Waals surface area (Å²) in [5.41, 5.74) is 1.72. The molecular weight excluding hydrogens is 599 g/mol. The third-order valence-corrected chi connectivity index (χ3v) is 15.1. The lowest BCUT2D eigenvalue weighted by Gasteiger charge is -2.57. The zero-order chi connectivity index (χ0) is 31.8. The molecule has 8 atom stereocenters. The lowest BCUT2D eigenvalue weighted by molar-refractivity contribution is -0.131. The minimum atomic E-state index is -2.73. The van der Waals surface area contributed by atoms with Crippen LogP contribution < -0.4 is 0 Å². The van der Waals surface area contributed by atoms with Crippen molar-refractivity contribution in [2.75, 3.05) is 19.8 Å². The number of unbranched alkanes of at least 4 members (excludes halogenated alkanes) is 13. The molecule has 0 N–H and O–H groups in total. The standard InChI is InChI=1S/C38H65O5PS/c1-4-5-6-7-8-9-10-11-12-13-14-15-16-17-26-40-28-32-29-41-44(45,43-32)42-31-22-24-37(2)30(27-31)18-19-33-34-20-21-36(39)38(34,3)25-23-35(33)37/h18,31-35H,4-17,19-29H2,1-3H3/t31-,32+,33-,34-,35-,37-,38-,44?/m0/s1. The summed E-state index contributed by atoms with van der Waals surface area (Å²) in [5, 5.41) is 0. The van der Waals surface area contributed by atoms with E-state index in [1.165, 1.54) is 89.9 Å². The molecule has 258 valence electrons. The fraction of sp³-hybridized carbons (Fsp3) is 0.921. The summed E-state index contributed by atoms with van der Waals surface area (Å²) in [5.74, 6) is 2.45. The summed E-state index contributed by atoms with van der Waals surface area (Å²) in [4.78, 5) is 12.7. The molecule has 45 heavy (non-hydrogen) atoms. The summed E-state index contributed by atoms with van der Waals surface area (Å²) < 4.78 is 24.6. The van der Waals surface area contributed by atoms with Crippen LogP contribution >= 0.6 is 6.72 Å². The summed E-state index contributed by atoms with van der Waals surface area (Å²) in [6, 6.07) is 0. The molecule has 5 aliphatic rings. The first kappa shape index (κ1) is 36.2. The molecule has 0 spiro atoms. The Labute approximate surface area is 281 Å². The molecule has 4 aliphatic carbocycles. The number of fused-ring (bicyclic) bond motifs is 5. The molecule has 1 unspecified atom stereocenters. The Bertz CT molecular complexity index is 1030. The number of rotatable bonds is 19. The SMILES string of the molecule is CCCCCCCCCCCCCCCCOC[C@@H]1COP(=S)(O[C@H]2CC[C@@]3(C)C(=CC[C@@H]4[C@@H]3CC[C@]3(C)C(=O)CC[C@@H]43)C2)O1. The molecule has 1 saturated heterocycles. The molecule has 0 aromatic rings. The van der Waals surface area contributed by atoms with Crippen LogP contribution in [-0.2, 0) is 34.9 Å². The van der Waals surface area contributed by atoms with Gasteiger partial charge in [-0.3, -0.25) is 4.79 Å². The van der Waals surface area contributed by atoms with Gasteiger partial charge in [0.1, 0.15) is 11.9 Å². The Morgan fingerprint density at radius 2 is 1.49 bits per heavy atom. The first-order valence-corrected chi connectivity index (χ1v) is 21.7. The van der Waals surface area contributed by atoms with Crippen LogP contribution in [0.3, 0.4) is 0 Å². The van der Waals surface area contributed by atoms with E-state index in [0.29, 0.717) is 36.8 Å². The van der Waals surface area contributed by atoms with Gasteiger partial charge in [0.25, 0.3) is 0 Å². The highest BCUT2D eigenvalue weighted by Crippen LogP contribution is 2.65. The van der Waals surface area contributed by atoms with Crippen molar-refractivity contribution in [1.29, 1.82) is 0 Å². The van der Waals surface area contributed by atoms with Crippen molar-refractivity contribution in [3.63, 3.8) is 0 Å². The number of allylic oxidation sites excluding steroid dienone is 1. The van der Waals surface area contributed by atoms with E-state index < -0.39 is 6.72 Å². The predicted molar refractivity (Wildman–Crippen MR) is 188 cm³/mol. The van der Waals surface area contributed by atoms with Crippen molar-refractivity contribution in [3.05, 3.63) is 11.6 Å². The lowest BCUT2D eigenvalue weighted by atomic mass is 9.48. The average Bonchev–Trinajstić information content (AvgIpc) is 3.55. The summed E-state index contributed by atoms with van der Waals surface area (Å²) in [6.45, 7) is 6.13. The third-order valence-electron chi connectivity index (χ3n) is 12.7. The van der Waals surface area contributed by atoms with Gasteiger partial charge in [0.2, 0.25) is 0 Å². The molecular formula is C38H65O5PS. The van der Waals surface area contributed by atoms with Crippen LogP contribution in [0.2, 0.25) is 0 Å². The summed E-state index contributed by atoms with van der Waals surface area (Å²) >= 11 is 5.82. The molecule has 3 saturated carbocycles. The number of hydrogen-bond acceptors (Lipinski definition) is 6. The Hall–Kier alpha value is -0.100. The quantitative estimate of drug-likeness (QED) is 0.0778. The Morgan fingerprint density at radius 1 is 0.867 bits per heavy atom. The normalized spacial score (nSPS) is 37.7. The van der Waals surface area contributed by atoms with Gasteiger partial charge in [-0.15, -0.1) is 0 Å². The zero-order valence-electron chi connectivity index (χ0n) is 29.0. The van der Waals surface area contributed by atoms with E-state index in [0.717, 1.165) is 58.0 Å². The second-order valence-electron chi connectivity index (χ2n) is 15.8. The summed E-state index contributed by atoms with van der Waals surface area (Å²) in [7, 11) is 0. The number of hydrogen-bond donors (Lipinski definition) is 0. The van der Waals surface area contributed by atoms with Crippen molar-refractivity contribution >= 4 is 24.3 Å². The molecule has 0 bridgehead atoms. The van der Waals surface area contributed by atoms with Gasteiger partial charge in [0.05, 0.1) is 19.3 Å². The molecule has 0 amide bonds. The first-order valence-electron chi connectivity index (χ1n) is 19.2. The fourth-order valence-corrected chi connectivity index (χ4v) is 12.3. The van der Waals surface area contributed by atoms with Gasteiger partial charge in [-0.05, 0) is 86.3 Å². The topological polar surface area (TPSA) is 54.0 Å². The second kappa shape index (κ2) is 17.0. The number of ether oxygens (including phenoxy) is 1. The van der Waals surface area contributed by atoms with Crippen molar-refractivity contribution < 1.29 is 23.1 Å². The molecule has 5 nitrogen and oxygen atoms in total. The molecule has 5 rings (SSSR count). The Balaban J connectivity index is 0.922. The average molecular weight is 665 g/mol. The van der Waals surface area contributed by atoms with Crippen molar-refractivity contribution in [3.8, 4) is 0 Å². The van der Waals surface area contributed by atoms with Gasteiger partial charge in [-0.2, -0.15) is 0 Å². The van der Waals surface area contributed by atoms with E-state index in [-0.39, 0.29) is 23.0 Å². The lowest BCUT2D eigenvalue weighted by Crippen LogP contribution is -2.50. The highest BCUT2D eigenvalue weighted by atomic mass is 32.5. The zero-order valence-corrected chi connectivity index (χ0v) is 30.7. The molecule has 1 aliphatic heterocycles. The Morgan fingerprint density at radius 3 is 2.18 bits per heavy atom. The molecule has 0 radical (unpaired) electrons. The van der Waals surface area contributed by atoms with Crippen LogP contribution in [0, 0.1) is 28.6 Å². The van der Waals surface area contributed by atoms with Crippen LogP contribution in [0.5, 0.6) is 0 Å². The van der Waals surface area contributed by atoms with E-state index in [1.807, 2.05) is 0 Å². The van der Waals surface area contributed by atoms with E-state index in [9.17, 15) is 4.79 Å². The van der Waals surface area contributed by atoms with Gasteiger partial charge in [-0.25, -0.2) is 0 Å². The van der Waals surface area contributed by atoms with Crippen LogP contribution in [0.1, 0.15) is 162 Å². The van der Waals surface area contributed by atoms with Gasteiger partial charge >= 0.3 is 6.72 Å². The molecule has 1 heterocycles. The largest absolute Gasteiger partial charge is 0.379 e. The van der Waals surface area contributed by atoms with Gasteiger partial charge < -0.3 is 18.3 Å². The van der Waals surface area contributed by atoms with Crippen molar-refractivity contribution in [1.82, 2.24) is 0 Å². The van der Waals surface area contributed by atoms with E-state index in [4.69, 9.17) is 30.1 Å². The maximum absolute atomic E-state index is 12.7. The molecule has 0 aromatic carbocycles. The molecule has 4 fully saturated rings. The van der Waals surface area contributed by atoms with Crippen LogP contribution in [-0.4, -0.2) is 37.8 Å². The van der Waals surface area contributed by atoms with Gasteiger partial charge in [0.15, 0.2) is 0 Å². The van der Waals surface area contributed by atoms with E-state index in [1.54, 1.807) is 5.57 Å². The van der Waals surface area contributed by atoms with Gasteiger partial charge in [-0.1, -0.05) is 116 Å². The number of carbonyl (C=O) groups is 1. The molecule has 0 aromatic heterocycles. The van der Waals surface area contributed by atoms with Crippen LogP contribution in [0.25, 0.3) is 0 Å². The highest BCUT2D eigenvalue weighted by molar-refractivity contribution is 8.07. The van der Waals surface area contributed by atoms with Crippen molar-refractivity contribution in [2.45, 2.75) is 174 Å². The first-order chi connectivity index (χ1) is 21.8. The number of Topliss-reactive ketones (excluding diaryl/α,β-unsaturated/α-hetero) is 1. The predicted octanol–water partition coefficient (Wildman–Crippen LogP) is 11.0. The molecule has 7 heteroatoms. The smallest absolute Gasteiger partial charge is 0.327 e. The monoisotopic (exact) mass is 664 g/mol. The summed E-state index contributed by atoms with van der Waals surface area (Å²) in [6.07, 6.45) is 30.0. The number of ketones is 1. The maximum Gasteiger partial charge on any atom is 0.327 e. The number of carbonyl (C=O) groups excluding carboxylic acids is 1. The Kier molecular flexibility index (Phi) is 13.7. The third kappa shape index (κ3) is 9.13. The second-order valence-corrected chi connectivity index (χ2v) is 18.7. The van der Waals surface area contributed by atoms with E-state index >= 15 is 0 Å². The minimum absolute atomic E-state index is 0.0635. The van der Waals surface area contributed by atoms with Crippen molar-refractivity contribution in [2.24, 2.45) is 28.6 Å².